The molecule has 1 aliphatic carbocycles. The summed E-state index contributed by atoms with van der Waals surface area (Å²) in [4.78, 5) is 2.07. The predicted octanol–water partition coefficient (Wildman–Crippen LogP) is 7.59. The summed E-state index contributed by atoms with van der Waals surface area (Å²) in [6, 6.07) is 21.0. The van der Waals surface area contributed by atoms with Crippen LogP contribution < -0.4 is 4.90 Å². The molecule has 0 aliphatic heterocycles. The van der Waals surface area contributed by atoms with Crippen LogP contribution in [0.1, 0.15) is 49.3 Å². The van der Waals surface area contributed by atoms with E-state index in [0.29, 0.717) is 5.92 Å². The van der Waals surface area contributed by atoms with Crippen molar-refractivity contribution in [3.8, 4) is 12.1 Å². The van der Waals surface area contributed by atoms with Gasteiger partial charge in [-0.1, -0.05) is 86.7 Å². The summed E-state index contributed by atoms with van der Waals surface area (Å²) in [7, 11) is 4.04. The van der Waals surface area contributed by atoms with E-state index in [1.165, 1.54) is 5.56 Å². The first-order chi connectivity index (χ1) is 16.4. The van der Waals surface area contributed by atoms with Gasteiger partial charge in [-0.2, -0.15) is 10.5 Å². The summed E-state index contributed by atoms with van der Waals surface area (Å²) in [5.41, 5.74) is 7.72. The lowest BCUT2D eigenvalue weighted by Gasteiger charge is -2.11. The number of allylic oxidation sites excluding steroid dienone is 8. The number of hydrogen-bond acceptors (Lipinski definition) is 3. The highest BCUT2D eigenvalue weighted by atomic mass is 15.1. The van der Waals surface area contributed by atoms with Crippen LogP contribution in [0.3, 0.4) is 0 Å². The molecule has 0 radical (unpaired) electrons. The Balaban J connectivity index is 1.81. The molecule has 34 heavy (non-hydrogen) atoms. The second-order valence-electron chi connectivity index (χ2n) is 8.88. The highest BCUT2D eigenvalue weighted by molar-refractivity contribution is 5.65. The minimum Gasteiger partial charge on any atom is -0.378 e. The number of anilines is 1. The van der Waals surface area contributed by atoms with Crippen LogP contribution in [0.25, 0.3) is 12.2 Å². The molecule has 1 saturated carbocycles. The van der Waals surface area contributed by atoms with Gasteiger partial charge in [0.05, 0.1) is 0 Å². The van der Waals surface area contributed by atoms with Crippen molar-refractivity contribution in [2.24, 2.45) is 0 Å². The molecule has 170 valence electrons. The molecule has 2 aromatic rings. The van der Waals surface area contributed by atoms with Gasteiger partial charge in [-0.3, -0.25) is 0 Å². The fourth-order valence-electron chi connectivity index (χ4n) is 3.94. The minimum absolute atomic E-state index is 0.174. The predicted molar refractivity (Wildman–Crippen MR) is 143 cm³/mol. The molecule has 0 unspecified atom stereocenters. The van der Waals surface area contributed by atoms with Crippen molar-refractivity contribution >= 4 is 17.8 Å². The summed E-state index contributed by atoms with van der Waals surface area (Å²) < 4.78 is 0. The zero-order valence-corrected chi connectivity index (χ0v) is 20.4. The summed E-state index contributed by atoms with van der Waals surface area (Å²) in [5.74, 6) is 0.512. The van der Waals surface area contributed by atoms with Gasteiger partial charge >= 0.3 is 0 Å². The van der Waals surface area contributed by atoms with Crippen LogP contribution in [0.4, 0.5) is 5.69 Å². The first-order valence-corrected chi connectivity index (χ1v) is 11.6. The van der Waals surface area contributed by atoms with Gasteiger partial charge < -0.3 is 4.90 Å². The molecule has 0 saturated heterocycles. The number of benzene rings is 2. The van der Waals surface area contributed by atoms with Gasteiger partial charge in [-0.05, 0) is 58.7 Å². The maximum Gasteiger partial charge on any atom is 0.137 e. The summed E-state index contributed by atoms with van der Waals surface area (Å²) in [6.45, 7) is 4.37. The minimum atomic E-state index is 0.174. The molecule has 2 aromatic carbocycles. The average Bonchev–Trinajstić information content (AvgIpc) is 3.23. The maximum atomic E-state index is 9.55. The Morgan fingerprint density at radius 1 is 0.794 bits per heavy atom. The van der Waals surface area contributed by atoms with E-state index in [1.807, 2.05) is 44.5 Å². The lowest BCUT2D eigenvalue weighted by Crippen LogP contribution is -2.07. The van der Waals surface area contributed by atoms with Crippen LogP contribution in [0.2, 0.25) is 0 Å². The fraction of sp³-hybridized carbons (Fsp3) is 0.226. The fourth-order valence-corrected chi connectivity index (χ4v) is 3.94. The zero-order valence-electron chi connectivity index (χ0n) is 20.4. The summed E-state index contributed by atoms with van der Waals surface area (Å²) in [6.07, 6.45) is 13.8. The third kappa shape index (κ3) is 6.25. The van der Waals surface area contributed by atoms with Crippen molar-refractivity contribution in [2.75, 3.05) is 19.0 Å². The van der Waals surface area contributed by atoms with Crippen LogP contribution in [-0.4, -0.2) is 14.1 Å². The van der Waals surface area contributed by atoms with E-state index in [9.17, 15) is 10.5 Å². The molecule has 3 heteroatoms. The van der Waals surface area contributed by atoms with Crippen molar-refractivity contribution in [1.82, 2.24) is 0 Å². The molecule has 1 fully saturated rings. The van der Waals surface area contributed by atoms with Crippen LogP contribution >= 0.6 is 0 Å². The number of rotatable bonds is 6. The van der Waals surface area contributed by atoms with Crippen molar-refractivity contribution in [2.45, 2.75) is 32.6 Å². The monoisotopic (exact) mass is 445 g/mol. The van der Waals surface area contributed by atoms with Crippen LogP contribution in [0.5, 0.6) is 0 Å². The molecule has 0 amide bonds. The van der Waals surface area contributed by atoms with Gasteiger partial charge in [0.25, 0.3) is 0 Å². The highest BCUT2D eigenvalue weighted by Gasteiger charge is 2.22. The largest absolute Gasteiger partial charge is 0.378 e. The molecule has 3 nitrogen and oxygen atoms in total. The number of hydrogen-bond donors (Lipinski definition) is 0. The molecule has 0 bridgehead atoms. The van der Waals surface area contributed by atoms with Crippen molar-refractivity contribution in [1.29, 1.82) is 10.5 Å². The lowest BCUT2D eigenvalue weighted by atomic mass is 9.99. The SMILES string of the molecule is CC(C)c1ccc(C=CC=C2CCC(=CC=Cc3ccc(N(C)C)cc3)C2=C(C#N)C#N)cc1. The standard InChI is InChI=1S/C31H31N3/c1-23(2)26-15-11-24(12-16-26)7-5-9-27-17-18-28(31(27)29(21-32)22-33)10-6-8-25-13-19-30(20-14-25)34(3)4/h5-16,19-20,23H,17-18H2,1-4H3. The van der Waals surface area contributed by atoms with Crippen molar-refractivity contribution in [3.63, 3.8) is 0 Å². The topological polar surface area (TPSA) is 50.8 Å². The van der Waals surface area contributed by atoms with Gasteiger partial charge in [-0.15, -0.1) is 0 Å². The average molecular weight is 446 g/mol. The third-order valence-electron chi connectivity index (χ3n) is 5.96. The lowest BCUT2D eigenvalue weighted by molar-refractivity contribution is 0.866. The highest BCUT2D eigenvalue weighted by Crippen LogP contribution is 2.38. The Morgan fingerprint density at radius 3 is 1.68 bits per heavy atom. The van der Waals surface area contributed by atoms with Gasteiger partial charge in [0.1, 0.15) is 17.7 Å². The number of nitriles is 2. The summed E-state index contributed by atoms with van der Waals surface area (Å²) in [5, 5.41) is 19.1. The maximum absolute atomic E-state index is 9.55. The second kappa shape index (κ2) is 11.7. The van der Waals surface area contributed by atoms with Gasteiger partial charge in [0, 0.05) is 25.4 Å². The Labute approximate surface area is 204 Å². The van der Waals surface area contributed by atoms with Gasteiger partial charge in [0.15, 0.2) is 0 Å². The number of nitrogens with zero attached hydrogens (tertiary/aromatic N) is 3. The van der Waals surface area contributed by atoms with E-state index in [4.69, 9.17) is 0 Å². The van der Waals surface area contributed by atoms with E-state index in [-0.39, 0.29) is 5.57 Å². The Bertz CT molecular complexity index is 1140. The Kier molecular flexibility index (Phi) is 8.44. The molecule has 1 aliphatic rings. The normalized spacial score (nSPS) is 16.0. The Hall–Kier alpha value is -4.08. The van der Waals surface area contributed by atoms with Crippen molar-refractivity contribution < 1.29 is 0 Å². The third-order valence-corrected chi connectivity index (χ3v) is 5.96. The van der Waals surface area contributed by atoms with E-state index in [1.54, 1.807) is 0 Å². The molecular formula is C31H31N3. The molecule has 3 rings (SSSR count). The van der Waals surface area contributed by atoms with Gasteiger partial charge in [-0.25, -0.2) is 0 Å². The molecule has 0 aromatic heterocycles. The summed E-state index contributed by atoms with van der Waals surface area (Å²) >= 11 is 0. The second-order valence-corrected chi connectivity index (χ2v) is 8.88. The smallest absolute Gasteiger partial charge is 0.137 e. The van der Waals surface area contributed by atoms with E-state index in [2.05, 4.69) is 85.5 Å². The first kappa shape index (κ1) is 24.6. The molecule has 0 atom stereocenters. The van der Waals surface area contributed by atoms with Crippen molar-refractivity contribution in [3.05, 3.63) is 112 Å². The zero-order chi connectivity index (χ0) is 24.5. The molecule has 0 spiro atoms. The van der Waals surface area contributed by atoms with E-state index >= 15 is 0 Å². The van der Waals surface area contributed by atoms with Gasteiger partial charge in [0.2, 0.25) is 0 Å². The van der Waals surface area contributed by atoms with Crippen LogP contribution in [0.15, 0.2) is 95.1 Å². The van der Waals surface area contributed by atoms with Crippen LogP contribution in [0, 0.1) is 22.7 Å². The van der Waals surface area contributed by atoms with E-state index < -0.39 is 0 Å². The van der Waals surface area contributed by atoms with Crippen LogP contribution in [-0.2, 0) is 0 Å². The quantitative estimate of drug-likeness (QED) is 0.430. The Morgan fingerprint density at radius 2 is 1.26 bits per heavy atom. The first-order valence-electron chi connectivity index (χ1n) is 11.6. The molecule has 0 N–H and O–H groups in total. The molecule has 0 heterocycles. The van der Waals surface area contributed by atoms with E-state index in [0.717, 1.165) is 46.4 Å². The molecular weight excluding hydrogens is 414 g/mol.